The highest BCUT2D eigenvalue weighted by molar-refractivity contribution is 6.31. The Balaban J connectivity index is 1.59. The highest BCUT2D eigenvalue weighted by atomic mass is 35.5. The normalized spacial score (nSPS) is 10.9. The van der Waals surface area contributed by atoms with Crippen LogP contribution in [0, 0.1) is 5.92 Å². The van der Waals surface area contributed by atoms with Gasteiger partial charge in [0.1, 0.15) is 5.58 Å². The van der Waals surface area contributed by atoms with Crippen LogP contribution < -0.4 is 5.32 Å². The number of carbonyl (C=O) groups is 3. The van der Waals surface area contributed by atoms with Crippen LogP contribution in [-0.2, 0) is 9.53 Å². The SMILES string of the molecule is CC(C)C(=O)Nc1ccc(C(=O)COC(=O)c2cc3cc(Cl)ccc3o2)cc1. The van der Waals surface area contributed by atoms with E-state index in [-0.39, 0.29) is 23.4 Å². The van der Waals surface area contributed by atoms with E-state index in [1.165, 1.54) is 6.07 Å². The van der Waals surface area contributed by atoms with Gasteiger partial charge >= 0.3 is 5.97 Å². The topological polar surface area (TPSA) is 85.6 Å². The second-order valence-electron chi connectivity index (χ2n) is 6.51. The number of halogens is 1. The van der Waals surface area contributed by atoms with Crippen molar-refractivity contribution in [1.82, 2.24) is 0 Å². The van der Waals surface area contributed by atoms with Gasteiger partial charge in [-0.05, 0) is 48.5 Å². The third-order valence-corrected chi connectivity index (χ3v) is 4.25. The van der Waals surface area contributed by atoms with E-state index in [2.05, 4.69) is 5.32 Å². The molecule has 0 saturated carbocycles. The molecule has 0 bridgehead atoms. The minimum absolute atomic E-state index is 0.00295. The number of hydrogen-bond donors (Lipinski definition) is 1. The number of ether oxygens (including phenoxy) is 1. The number of carbonyl (C=O) groups excluding carboxylic acids is 3. The summed E-state index contributed by atoms with van der Waals surface area (Å²) in [5.74, 6) is -1.36. The lowest BCUT2D eigenvalue weighted by Gasteiger charge is -2.08. The molecule has 2 aromatic carbocycles. The molecule has 0 fully saturated rings. The molecule has 7 heteroatoms. The maximum absolute atomic E-state index is 12.2. The van der Waals surface area contributed by atoms with Gasteiger partial charge in [-0.1, -0.05) is 25.4 Å². The molecule has 28 heavy (non-hydrogen) atoms. The minimum atomic E-state index is -0.735. The van der Waals surface area contributed by atoms with E-state index >= 15 is 0 Å². The zero-order valence-corrected chi connectivity index (χ0v) is 16.1. The molecule has 0 atom stereocenters. The second kappa shape index (κ2) is 8.27. The summed E-state index contributed by atoms with van der Waals surface area (Å²) in [4.78, 5) is 36.0. The average molecular weight is 400 g/mol. The highest BCUT2D eigenvalue weighted by Gasteiger charge is 2.16. The number of furan rings is 1. The molecule has 1 amide bonds. The van der Waals surface area contributed by atoms with Crippen LogP contribution in [0.4, 0.5) is 5.69 Å². The molecule has 0 unspecified atom stereocenters. The maximum atomic E-state index is 12.2. The minimum Gasteiger partial charge on any atom is -0.451 e. The lowest BCUT2D eigenvalue weighted by Crippen LogP contribution is -2.18. The molecular formula is C21H18ClNO5. The number of nitrogens with one attached hydrogen (secondary N) is 1. The third-order valence-electron chi connectivity index (χ3n) is 4.01. The van der Waals surface area contributed by atoms with Crippen molar-refractivity contribution in [2.24, 2.45) is 5.92 Å². The molecule has 6 nitrogen and oxygen atoms in total. The van der Waals surface area contributed by atoms with Crippen LogP contribution in [0.1, 0.15) is 34.8 Å². The van der Waals surface area contributed by atoms with E-state index in [0.717, 1.165) is 0 Å². The molecule has 144 valence electrons. The Morgan fingerprint density at radius 2 is 1.79 bits per heavy atom. The van der Waals surface area contributed by atoms with Gasteiger partial charge in [-0.15, -0.1) is 0 Å². The number of benzene rings is 2. The zero-order chi connectivity index (χ0) is 20.3. The summed E-state index contributed by atoms with van der Waals surface area (Å²) >= 11 is 5.91. The van der Waals surface area contributed by atoms with Crippen LogP contribution in [0.15, 0.2) is 52.9 Å². The Morgan fingerprint density at radius 3 is 2.46 bits per heavy atom. The van der Waals surface area contributed by atoms with Gasteiger partial charge in [0.2, 0.25) is 11.7 Å². The summed E-state index contributed by atoms with van der Waals surface area (Å²) < 4.78 is 10.5. The van der Waals surface area contributed by atoms with Gasteiger partial charge < -0.3 is 14.5 Å². The first-order valence-electron chi connectivity index (χ1n) is 8.64. The van der Waals surface area contributed by atoms with Gasteiger partial charge in [0.05, 0.1) is 0 Å². The fourth-order valence-corrected chi connectivity index (χ4v) is 2.61. The number of ketones is 1. The molecular weight excluding hydrogens is 382 g/mol. The molecule has 0 aliphatic rings. The van der Waals surface area contributed by atoms with E-state index in [4.69, 9.17) is 20.8 Å². The summed E-state index contributed by atoms with van der Waals surface area (Å²) in [6.07, 6.45) is 0. The van der Waals surface area contributed by atoms with E-state index in [0.29, 0.717) is 27.2 Å². The number of anilines is 1. The van der Waals surface area contributed by atoms with Crippen molar-refractivity contribution in [1.29, 1.82) is 0 Å². The van der Waals surface area contributed by atoms with Crippen molar-refractivity contribution < 1.29 is 23.5 Å². The number of hydrogen-bond acceptors (Lipinski definition) is 5. The van der Waals surface area contributed by atoms with Crippen molar-refractivity contribution in [3.63, 3.8) is 0 Å². The maximum Gasteiger partial charge on any atom is 0.374 e. The first-order chi connectivity index (χ1) is 13.3. The Labute approximate surface area is 166 Å². The largest absolute Gasteiger partial charge is 0.451 e. The predicted molar refractivity (Wildman–Crippen MR) is 106 cm³/mol. The van der Waals surface area contributed by atoms with Crippen molar-refractivity contribution in [2.75, 3.05) is 11.9 Å². The summed E-state index contributed by atoms with van der Waals surface area (Å²) in [6.45, 7) is 3.16. The van der Waals surface area contributed by atoms with Crippen LogP contribution in [0.3, 0.4) is 0 Å². The first-order valence-corrected chi connectivity index (χ1v) is 9.01. The second-order valence-corrected chi connectivity index (χ2v) is 6.95. The van der Waals surface area contributed by atoms with E-state index in [1.54, 1.807) is 56.3 Å². The fourth-order valence-electron chi connectivity index (χ4n) is 2.43. The molecule has 0 aliphatic heterocycles. The molecule has 0 saturated heterocycles. The molecule has 1 heterocycles. The summed E-state index contributed by atoms with van der Waals surface area (Å²) in [5.41, 5.74) is 1.46. The number of amides is 1. The summed E-state index contributed by atoms with van der Waals surface area (Å²) in [5, 5.41) is 3.93. The molecule has 1 aromatic heterocycles. The third kappa shape index (κ3) is 4.58. The van der Waals surface area contributed by atoms with Gasteiger partial charge in [0, 0.05) is 27.6 Å². The van der Waals surface area contributed by atoms with Crippen LogP contribution in [0.5, 0.6) is 0 Å². The van der Waals surface area contributed by atoms with Crippen LogP contribution >= 0.6 is 11.6 Å². The van der Waals surface area contributed by atoms with Crippen molar-refractivity contribution in [3.05, 3.63) is 64.9 Å². The van der Waals surface area contributed by atoms with Gasteiger partial charge in [-0.2, -0.15) is 0 Å². The molecule has 3 aromatic rings. The van der Waals surface area contributed by atoms with Crippen LogP contribution in [0.25, 0.3) is 11.0 Å². The Kier molecular flexibility index (Phi) is 5.80. The average Bonchev–Trinajstić information content (AvgIpc) is 3.09. The van der Waals surface area contributed by atoms with Gasteiger partial charge in [-0.3, -0.25) is 9.59 Å². The zero-order valence-electron chi connectivity index (χ0n) is 15.3. The molecule has 1 N–H and O–H groups in total. The van der Waals surface area contributed by atoms with E-state index in [9.17, 15) is 14.4 Å². The smallest absolute Gasteiger partial charge is 0.374 e. The van der Waals surface area contributed by atoms with Gasteiger partial charge in [0.25, 0.3) is 0 Å². The van der Waals surface area contributed by atoms with Crippen molar-refractivity contribution in [2.45, 2.75) is 13.8 Å². The van der Waals surface area contributed by atoms with E-state index < -0.39 is 12.6 Å². The standard InChI is InChI=1S/C21H18ClNO5/c1-12(2)20(25)23-16-6-3-13(4-7-16)17(24)11-27-21(26)19-10-14-9-15(22)5-8-18(14)28-19/h3-10,12H,11H2,1-2H3,(H,23,25). The molecule has 0 spiro atoms. The lowest BCUT2D eigenvalue weighted by molar-refractivity contribution is -0.118. The highest BCUT2D eigenvalue weighted by Crippen LogP contribution is 2.23. The quantitative estimate of drug-likeness (QED) is 0.478. The van der Waals surface area contributed by atoms with Crippen LogP contribution in [-0.4, -0.2) is 24.3 Å². The van der Waals surface area contributed by atoms with Crippen molar-refractivity contribution in [3.8, 4) is 0 Å². The molecule has 0 aliphatic carbocycles. The lowest BCUT2D eigenvalue weighted by atomic mass is 10.1. The van der Waals surface area contributed by atoms with Crippen molar-refractivity contribution >= 4 is 45.9 Å². The number of fused-ring (bicyclic) bond motifs is 1. The first kappa shape index (κ1) is 19.6. The predicted octanol–water partition coefficient (Wildman–Crippen LogP) is 4.72. The van der Waals surface area contributed by atoms with Crippen LogP contribution in [0.2, 0.25) is 5.02 Å². The van der Waals surface area contributed by atoms with Gasteiger partial charge in [0.15, 0.2) is 12.4 Å². The Bertz CT molecular complexity index is 1040. The Hall–Kier alpha value is -3.12. The molecule has 3 rings (SSSR count). The fraction of sp³-hybridized carbons (Fsp3) is 0.190. The monoisotopic (exact) mass is 399 g/mol. The van der Waals surface area contributed by atoms with Gasteiger partial charge in [-0.25, -0.2) is 4.79 Å². The molecule has 0 radical (unpaired) electrons. The summed E-state index contributed by atoms with van der Waals surface area (Å²) in [6, 6.07) is 12.9. The number of rotatable bonds is 6. The number of esters is 1. The van der Waals surface area contributed by atoms with E-state index in [1.807, 2.05) is 0 Å². The number of Topliss-reactive ketones (excluding diaryl/α,β-unsaturated/α-hetero) is 1. The summed E-state index contributed by atoms with van der Waals surface area (Å²) in [7, 11) is 0. The Morgan fingerprint density at radius 1 is 1.07 bits per heavy atom.